The summed E-state index contributed by atoms with van der Waals surface area (Å²) in [4.78, 5) is 2.34. The van der Waals surface area contributed by atoms with E-state index in [2.05, 4.69) is 4.90 Å². The van der Waals surface area contributed by atoms with Crippen molar-refractivity contribution < 1.29 is 14.6 Å². The van der Waals surface area contributed by atoms with Gasteiger partial charge in [-0.15, -0.1) is 0 Å². The summed E-state index contributed by atoms with van der Waals surface area (Å²) >= 11 is 0. The first-order valence-corrected chi connectivity index (χ1v) is 7.39. The molecule has 1 N–H and O–H groups in total. The van der Waals surface area contributed by atoms with E-state index >= 15 is 0 Å². The Morgan fingerprint density at radius 3 is 2.22 bits per heavy atom. The van der Waals surface area contributed by atoms with Gasteiger partial charge in [0.25, 0.3) is 0 Å². The molecule has 0 bridgehead atoms. The fourth-order valence-electron chi connectivity index (χ4n) is 2.71. The molecule has 4 nitrogen and oxygen atoms in total. The molecule has 1 fully saturated rings. The Balaban J connectivity index is 2.47. The van der Waals surface area contributed by atoms with Crippen LogP contribution in [0.15, 0.2) is 0 Å². The van der Waals surface area contributed by atoms with Crippen LogP contribution in [-0.2, 0) is 9.47 Å². The number of aliphatic hydroxyl groups is 1. The number of ether oxygens (including phenoxy) is 2. The van der Waals surface area contributed by atoms with Crippen LogP contribution in [0.1, 0.15) is 46.0 Å². The molecule has 1 saturated carbocycles. The minimum absolute atomic E-state index is 0.159. The molecule has 0 radical (unpaired) electrons. The number of nitrogens with zero attached hydrogens (tertiary/aromatic N) is 1. The van der Waals surface area contributed by atoms with Gasteiger partial charge in [-0.3, -0.25) is 4.90 Å². The standard InChI is InChI=1S/C14H29NO3/c1-3-17-14(18-4-2)12-15(10-11-16)13-8-6-5-7-9-13/h13-14,16H,3-12H2,1-2H3. The summed E-state index contributed by atoms with van der Waals surface area (Å²) in [5, 5.41) is 9.22. The predicted molar refractivity (Wildman–Crippen MR) is 72.6 cm³/mol. The molecule has 0 aromatic heterocycles. The molecule has 0 aliphatic heterocycles. The van der Waals surface area contributed by atoms with Crippen molar-refractivity contribution >= 4 is 0 Å². The molecule has 0 aromatic carbocycles. The molecule has 1 rings (SSSR count). The van der Waals surface area contributed by atoms with Crippen LogP contribution in [0, 0.1) is 0 Å². The maximum atomic E-state index is 9.22. The summed E-state index contributed by atoms with van der Waals surface area (Å²) < 4.78 is 11.2. The summed E-state index contributed by atoms with van der Waals surface area (Å²) in [5.41, 5.74) is 0. The second kappa shape index (κ2) is 9.73. The molecular formula is C14H29NO3. The Labute approximate surface area is 111 Å². The highest BCUT2D eigenvalue weighted by Gasteiger charge is 2.23. The van der Waals surface area contributed by atoms with Crippen molar-refractivity contribution in [3.05, 3.63) is 0 Å². The van der Waals surface area contributed by atoms with Gasteiger partial charge in [0.2, 0.25) is 0 Å². The molecule has 1 aliphatic rings. The van der Waals surface area contributed by atoms with E-state index in [-0.39, 0.29) is 12.9 Å². The maximum Gasteiger partial charge on any atom is 0.170 e. The van der Waals surface area contributed by atoms with Crippen molar-refractivity contribution in [2.24, 2.45) is 0 Å². The largest absolute Gasteiger partial charge is 0.395 e. The molecule has 0 spiro atoms. The van der Waals surface area contributed by atoms with E-state index in [9.17, 15) is 5.11 Å². The van der Waals surface area contributed by atoms with Crippen LogP contribution < -0.4 is 0 Å². The van der Waals surface area contributed by atoms with Gasteiger partial charge in [0.05, 0.1) is 6.61 Å². The average molecular weight is 259 g/mol. The lowest BCUT2D eigenvalue weighted by Crippen LogP contribution is -2.44. The molecule has 0 atom stereocenters. The average Bonchev–Trinajstić information content (AvgIpc) is 2.40. The molecule has 0 aromatic rings. The summed E-state index contributed by atoms with van der Waals surface area (Å²) in [6.07, 6.45) is 6.29. The fraction of sp³-hybridized carbons (Fsp3) is 1.00. The van der Waals surface area contributed by atoms with Gasteiger partial charge >= 0.3 is 0 Å². The van der Waals surface area contributed by atoms with Gasteiger partial charge in [0.1, 0.15) is 0 Å². The minimum Gasteiger partial charge on any atom is -0.395 e. The normalized spacial score (nSPS) is 17.8. The SMILES string of the molecule is CCOC(CN(CCO)C1CCCCC1)OCC. The molecule has 108 valence electrons. The van der Waals surface area contributed by atoms with Gasteiger partial charge in [-0.25, -0.2) is 0 Å². The van der Waals surface area contributed by atoms with Crippen molar-refractivity contribution in [2.45, 2.75) is 58.3 Å². The minimum atomic E-state index is -0.159. The molecule has 0 saturated heterocycles. The fourth-order valence-corrected chi connectivity index (χ4v) is 2.71. The second-order valence-corrected chi connectivity index (χ2v) is 4.85. The van der Waals surface area contributed by atoms with E-state index in [0.29, 0.717) is 19.3 Å². The zero-order valence-electron chi connectivity index (χ0n) is 11.9. The molecule has 0 amide bonds. The second-order valence-electron chi connectivity index (χ2n) is 4.85. The zero-order chi connectivity index (χ0) is 13.2. The monoisotopic (exact) mass is 259 g/mol. The lowest BCUT2D eigenvalue weighted by atomic mass is 9.94. The predicted octanol–water partition coefficient (Wildman–Crippen LogP) is 2.01. The van der Waals surface area contributed by atoms with Crippen molar-refractivity contribution in [3.63, 3.8) is 0 Å². The maximum absolute atomic E-state index is 9.22. The van der Waals surface area contributed by atoms with Gasteiger partial charge < -0.3 is 14.6 Å². The van der Waals surface area contributed by atoms with Gasteiger partial charge in [-0.1, -0.05) is 19.3 Å². The highest BCUT2D eigenvalue weighted by Crippen LogP contribution is 2.22. The first-order chi connectivity index (χ1) is 8.81. The topological polar surface area (TPSA) is 41.9 Å². The number of hydrogen-bond acceptors (Lipinski definition) is 4. The van der Waals surface area contributed by atoms with E-state index in [0.717, 1.165) is 13.1 Å². The lowest BCUT2D eigenvalue weighted by molar-refractivity contribution is -0.152. The van der Waals surface area contributed by atoms with Crippen LogP contribution in [0.4, 0.5) is 0 Å². The van der Waals surface area contributed by atoms with Crippen LogP contribution >= 0.6 is 0 Å². The molecule has 4 heteroatoms. The van der Waals surface area contributed by atoms with Gasteiger partial charge in [-0.05, 0) is 26.7 Å². The van der Waals surface area contributed by atoms with Crippen LogP contribution in [0.2, 0.25) is 0 Å². The van der Waals surface area contributed by atoms with E-state index in [1.165, 1.54) is 32.1 Å². The lowest BCUT2D eigenvalue weighted by Gasteiger charge is -2.35. The van der Waals surface area contributed by atoms with Crippen molar-refractivity contribution in [3.8, 4) is 0 Å². The Bertz CT molecular complexity index is 189. The molecule has 1 aliphatic carbocycles. The van der Waals surface area contributed by atoms with Gasteiger partial charge in [-0.2, -0.15) is 0 Å². The van der Waals surface area contributed by atoms with Crippen molar-refractivity contribution in [2.75, 3.05) is 32.9 Å². The molecule has 18 heavy (non-hydrogen) atoms. The quantitative estimate of drug-likeness (QED) is 0.643. The van der Waals surface area contributed by atoms with Crippen molar-refractivity contribution in [1.82, 2.24) is 4.90 Å². The van der Waals surface area contributed by atoms with Crippen LogP contribution in [-0.4, -0.2) is 55.2 Å². The smallest absolute Gasteiger partial charge is 0.170 e. The highest BCUT2D eigenvalue weighted by molar-refractivity contribution is 4.76. The Kier molecular flexibility index (Phi) is 8.59. The van der Waals surface area contributed by atoms with Crippen LogP contribution in [0.3, 0.4) is 0 Å². The van der Waals surface area contributed by atoms with E-state index in [1.807, 2.05) is 13.8 Å². The van der Waals surface area contributed by atoms with Gasteiger partial charge in [0.15, 0.2) is 6.29 Å². The van der Waals surface area contributed by atoms with Gasteiger partial charge in [0, 0.05) is 32.3 Å². The van der Waals surface area contributed by atoms with Crippen LogP contribution in [0.5, 0.6) is 0 Å². The Morgan fingerprint density at radius 1 is 1.11 bits per heavy atom. The summed E-state index contributed by atoms with van der Waals surface area (Å²) in [6.45, 7) is 7.02. The first kappa shape index (κ1) is 15.9. The first-order valence-electron chi connectivity index (χ1n) is 7.39. The highest BCUT2D eigenvalue weighted by atomic mass is 16.7. The third-order valence-electron chi connectivity index (χ3n) is 3.57. The molecule has 0 unspecified atom stereocenters. The van der Waals surface area contributed by atoms with Crippen molar-refractivity contribution in [1.29, 1.82) is 0 Å². The number of rotatable bonds is 9. The Hall–Kier alpha value is -0.160. The molecular weight excluding hydrogens is 230 g/mol. The van der Waals surface area contributed by atoms with E-state index in [1.54, 1.807) is 0 Å². The molecule has 0 heterocycles. The van der Waals surface area contributed by atoms with Crippen LogP contribution in [0.25, 0.3) is 0 Å². The zero-order valence-corrected chi connectivity index (χ0v) is 11.9. The Morgan fingerprint density at radius 2 is 1.72 bits per heavy atom. The van der Waals surface area contributed by atoms with E-state index in [4.69, 9.17) is 9.47 Å². The van der Waals surface area contributed by atoms with E-state index < -0.39 is 0 Å². The third kappa shape index (κ3) is 5.65. The summed E-state index contributed by atoms with van der Waals surface area (Å²) in [5.74, 6) is 0. The summed E-state index contributed by atoms with van der Waals surface area (Å²) in [7, 11) is 0. The summed E-state index contributed by atoms with van der Waals surface area (Å²) in [6, 6.07) is 0.592. The number of aliphatic hydroxyl groups excluding tert-OH is 1. The third-order valence-corrected chi connectivity index (χ3v) is 3.57. The number of hydrogen-bond donors (Lipinski definition) is 1.